The molecule has 0 bridgehead atoms. The molecule has 2 rings (SSSR count). The molecule has 0 saturated heterocycles. The van der Waals surface area contributed by atoms with Crippen molar-refractivity contribution in [2.45, 2.75) is 45.4 Å². The van der Waals surface area contributed by atoms with Crippen LogP contribution in [0.4, 0.5) is 0 Å². The fraction of sp³-hybridized carbons (Fsp3) is 0.769. The molecule has 0 aromatic heterocycles. The number of allylic oxidation sites excluding steroid dienone is 1. The number of carbonyl (C=O) groups is 1. The molecule has 0 aromatic carbocycles. The molecule has 0 radical (unpaired) electrons. The van der Waals surface area contributed by atoms with E-state index < -0.39 is 0 Å². The highest BCUT2D eigenvalue weighted by atomic mass is 16.5. The maximum Gasteiger partial charge on any atom is 0.333 e. The number of rotatable bonds is 1. The number of methoxy groups -OCH3 is 1. The van der Waals surface area contributed by atoms with E-state index in [0.717, 1.165) is 17.9 Å². The van der Waals surface area contributed by atoms with Gasteiger partial charge < -0.3 is 4.74 Å². The van der Waals surface area contributed by atoms with Crippen LogP contribution in [0.3, 0.4) is 0 Å². The Kier molecular flexibility index (Phi) is 3.13. The summed E-state index contributed by atoms with van der Waals surface area (Å²) in [5.74, 6) is 1.43. The molecular weight excluding hydrogens is 188 g/mol. The smallest absolute Gasteiger partial charge is 0.333 e. The predicted octanol–water partition coefficient (Wildman–Crippen LogP) is 3.08. The first-order chi connectivity index (χ1) is 7.24. The molecule has 2 fully saturated rings. The van der Waals surface area contributed by atoms with E-state index >= 15 is 0 Å². The first kappa shape index (κ1) is 10.7. The fourth-order valence-electron chi connectivity index (χ4n) is 3.08. The van der Waals surface area contributed by atoms with Gasteiger partial charge in [0, 0.05) is 5.57 Å². The molecule has 0 spiro atoms. The summed E-state index contributed by atoms with van der Waals surface area (Å²) in [6.45, 7) is 1.92. The van der Waals surface area contributed by atoms with E-state index in [9.17, 15) is 4.79 Å². The number of hydrogen-bond donors (Lipinski definition) is 0. The minimum Gasteiger partial charge on any atom is -0.466 e. The highest BCUT2D eigenvalue weighted by Crippen LogP contribution is 2.49. The van der Waals surface area contributed by atoms with E-state index in [2.05, 4.69) is 0 Å². The van der Waals surface area contributed by atoms with Gasteiger partial charge in [-0.3, -0.25) is 0 Å². The molecule has 0 heterocycles. The second-order valence-corrected chi connectivity index (χ2v) is 4.85. The molecule has 2 nitrogen and oxygen atoms in total. The van der Waals surface area contributed by atoms with Crippen molar-refractivity contribution >= 4 is 5.97 Å². The Labute approximate surface area is 91.7 Å². The molecule has 2 aliphatic carbocycles. The molecule has 0 N–H and O–H groups in total. The maximum absolute atomic E-state index is 11.4. The Balaban J connectivity index is 2.10. The largest absolute Gasteiger partial charge is 0.466 e. The second-order valence-electron chi connectivity index (χ2n) is 4.85. The first-order valence-electron chi connectivity index (χ1n) is 6.02. The molecule has 0 amide bonds. The van der Waals surface area contributed by atoms with Crippen LogP contribution in [-0.2, 0) is 9.53 Å². The maximum atomic E-state index is 11.4. The monoisotopic (exact) mass is 208 g/mol. The lowest BCUT2D eigenvalue weighted by atomic mass is 9.65. The van der Waals surface area contributed by atoms with Gasteiger partial charge in [-0.25, -0.2) is 4.79 Å². The highest BCUT2D eigenvalue weighted by Gasteiger charge is 2.38. The Hall–Kier alpha value is -0.790. The summed E-state index contributed by atoms with van der Waals surface area (Å²) in [6.07, 6.45) is 7.88. The van der Waals surface area contributed by atoms with Crippen molar-refractivity contribution < 1.29 is 9.53 Å². The van der Waals surface area contributed by atoms with E-state index in [0.29, 0.717) is 5.92 Å². The lowest BCUT2D eigenvalue weighted by Crippen LogP contribution is -2.30. The number of ether oxygens (including phenoxy) is 1. The zero-order valence-corrected chi connectivity index (χ0v) is 9.71. The lowest BCUT2D eigenvalue weighted by Gasteiger charge is -2.40. The van der Waals surface area contributed by atoms with Crippen LogP contribution in [-0.4, -0.2) is 13.1 Å². The normalized spacial score (nSPS) is 33.5. The highest BCUT2D eigenvalue weighted by molar-refractivity contribution is 5.89. The summed E-state index contributed by atoms with van der Waals surface area (Å²) in [6, 6.07) is 0. The summed E-state index contributed by atoms with van der Waals surface area (Å²) in [4.78, 5) is 11.4. The van der Waals surface area contributed by atoms with Gasteiger partial charge in [0.15, 0.2) is 0 Å². The van der Waals surface area contributed by atoms with E-state index in [4.69, 9.17) is 4.74 Å². The molecule has 0 aromatic rings. The second kappa shape index (κ2) is 4.38. The van der Waals surface area contributed by atoms with Crippen LogP contribution in [0.15, 0.2) is 11.1 Å². The average Bonchev–Trinajstić information content (AvgIpc) is 2.40. The minimum atomic E-state index is -0.132. The minimum absolute atomic E-state index is 0.132. The Morgan fingerprint density at radius 1 is 1.27 bits per heavy atom. The molecular formula is C13H20O2. The zero-order valence-electron chi connectivity index (χ0n) is 9.71. The van der Waals surface area contributed by atoms with Gasteiger partial charge in [-0.05, 0) is 38.0 Å². The molecule has 2 atom stereocenters. The van der Waals surface area contributed by atoms with E-state index in [1.807, 2.05) is 6.92 Å². The molecule has 2 aliphatic rings. The van der Waals surface area contributed by atoms with Crippen molar-refractivity contribution in [1.82, 2.24) is 0 Å². The zero-order chi connectivity index (χ0) is 10.8. The van der Waals surface area contributed by atoms with E-state index in [1.54, 1.807) is 0 Å². The third kappa shape index (κ3) is 1.95. The van der Waals surface area contributed by atoms with Gasteiger partial charge in [0.2, 0.25) is 0 Å². The van der Waals surface area contributed by atoms with Gasteiger partial charge in [0.1, 0.15) is 0 Å². The molecule has 2 unspecified atom stereocenters. The lowest BCUT2D eigenvalue weighted by molar-refractivity contribution is -0.136. The van der Waals surface area contributed by atoms with Crippen molar-refractivity contribution in [3.63, 3.8) is 0 Å². The van der Waals surface area contributed by atoms with Gasteiger partial charge in [-0.2, -0.15) is 0 Å². The van der Waals surface area contributed by atoms with Crippen molar-refractivity contribution in [3.8, 4) is 0 Å². The van der Waals surface area contributed by atoms with Gasteiger partial charge in [0.25, 0.3) is 0 Å². The fourth-order valence-corrected chi connectivity index (χ4v) is 3.08. The summed E-state index contributed by atoms with van der Waals surface area (Å²) in [5.41, 5.74) is 2.26. The number of esters is 1. The first-order valence-corrected chi connectivity index (χ1v) is 6.02. The summed E-state index contributed by atoms with van der Waals surface area (Å²) >= 11 is 0. The van der Waals surface area contributed by atoms with Gasteiger partial charge in [0.05, 0.1) is 7.11 Å². The summed E-state index contributed by atoms with van der Waals surface area (Å²) in [7, 11) is 1.47. The van der Waals surface area contributed by atoms with E-state index in [-0.39, 0.29) is 5.97 Å². The number of carbonyl (C=O) groups excluding carboxylic acids is 1. The molecule has 2 heteroatoms. The van der Waals surface area contributed by atoms with Gasteiger partial charge in [-0.1, -0.05) is 24.8 Å². The average molecular weight is 208 g/mol. The van der Waals surface area contributed by atoms with Crippen LogP contribution in [0.5, 0.6) is 0 Å². The van der Waals surface area contributed by atoms with E-state index in [1.165, 1.54) is 44.8 Å². The van der Waals surface area contributed by atoms with Crippen LogP contribution < -0.4 is 0 Å². The third-order valence-electron chi connectivity index (χ3n) is 4.06. The number of hydrogen-bond acceptors (Lipinski definition) is 2. The van der Waals surface area contributed by atoms with Crippen LogP contribution in [0.25, 0.3) is 0 Å². The molecule has 2 saturated carbocycles. The van der Waals surface area contributed by atoms with Crippen molar-refractivity contribution in [2.24, 2.45) is 11.8 Å². The van der Waals surface area contributed by atoms with Gasteiger partial charge in [-0.15, -0.1) is 0 Å². The summed E-state index contributed by atoms with van der Waals surface area (Å²) < 4.78 is 4.78. The molecule has 84 valence electrons. The van der Waals surface area contributed by atoms with Crippen LogP contribution >= 0.6 is 0 Å². The van der Waals surface area contributed by atoms with Crippen LogP contribution in [0, 0.1) is 11.8 Å². The van der Waals surface area contributed by atoms with Gasteiger partial charge >= 0.3 is 5.97 Å². The predicted molar refractivity (Wildman–Crippen MR) is 59.4 cm³/mol. The summed E-state index contributed by atoms with van der Waals surface area (Å²) in [5, 5.41) is 0. The Bertz CT molecular complexity index is 291. The standard InChI is InChI=1S/C13H20O2/c1-9(13(14)15-2)12-8-10-6-4-3-5-7-11(10)12/h10-11H,3-8H2,1-2H3/b12-9-. The molecule has 0 aliphatic heterocycles. The Morgan fingerprint density at radius 2 is 2.00 bits per heavy atom. The van der Waals surface area contributed by atoms with Crippen molar-refractivity contribution in [3.05, 3.63) is 11.1 Å². The third-order valence-corrected chi connectivity index (χ3v) is 4.06. The SMILES string of the molecule is COC(=O)/C(C)=C1/CC2CCCCCC12. The van der Waals surface area contributed by atoms with Crippen molar-refractivity contribution in [1.29, 1.82) is 0 Å². The van der Waals surface area contributed by atoms with Crippen LogP contribution in [0.2, 0.25) is 0 Å². The quantitative estimate of drug-likeness (QED) is 0.489. The van der Waals surface area contributed by atoms with Crippen LogP contribution in [0.1, 0.15) is 45.4 Å². The van der Waals surface area contributed by atoms with Crippen molar-refractivity contribution in [2.75, 3.05) is 7.11 Å². The Morgan fingerprint density at radius 3 is 2.73 bits per heavy atom. The number of fused-ring (bicyclic) bond motifs is 1. The molecule has 15 heavy (non-hydrogen) atoms. The topological polar surface area (TPSA) is 26.3 Å².